The summed E-state index contributed by atoms with van der Waals surface area (Å²) in [6.07, 6.45) is 1.50. The van der Waals surface area contributed by atoms with Crippen LogP contribution in [-0.4, -0.2) is 42.9 Å². The maximum atomic E-state index is 12.5. The summed E-state index contributed by atoms with van der Waals surface area (Å²) < 4.78 is 5.20. The van der Waals surface area contributed by atoms with Crippen LogP contribution in [0.2, 0.25) is 10.0 Å². The van der Waals surface area contributed by atoms with Crippen molar-refractivity contribution < 1.29 is 14.0 Å². The number of furan rings is 1. The first-order valence-corrected chi connectivity index (χ1v) is 10.2. The van der Waals surface area contributed by atoms with Crippen LogP contribution in [0.5, 0.6) is 0 Å². The predicted octanol–water partition coefficient (Wildman–Crippen LogP) is 4.80. The third-order valence-corrected chi connectivity index (χ3v) is 5.53. The van der Waals surface area contributed by atoms with E-state index in [1.807, 2.05) is 24.3 Å². The summed E-state index contributed by atoms with van der Waals surface area (Å²) in [6, 6.07) is 15.7. The van der Waals surface area contributed by atoms with Gasteiger partial charge in [0.25, 0.3) is 11.8 Å². The summed E-state index contributed by atoms with van der Waals surface area (Å²) in [5, 5.41) is 3.62. The lowest BCUT2D eigenvalue weighted by atomic mass is 10.2. The first-order chi connectivity index (χ1) is 14.5. The van der Waals surface area contributed by atoms with Crippen molar-refractivity contribution in [1.29, 1.82) is 0 Å². The smallest absolute Gasteiger partial charge is 0.289 e. The molecule has 1 fully saturated rings. The van der Waals surface area contributed by atoms with E-state index >= 15 is 0 Å². The minimum Gasteiger partial charge on any atom is -0.459 e. The number of benzene rings is 2. The van der Waals surface area contributed by atoms with Gasteiger partial charge in [-0.2, -0.15) is 0 Å². The van der Waals surface area contributed by atoms with Crippen molar-refractivity contribution in [2.75, 3.05) is 36.4 Å². The number of rotatable bonds is 4. The molecule has 0 radical (unpaired) electrons. The molecule has 0 atom stereocenters. The SMILES string of the molecule is O=C(Nc1ccc(N2CCN(C(=O)c3ccco3)CC2)cc1)c1cc(Cl)ccc1Cl. The van der Waals surface area contributed by atoms with Crippen molar-refractivity contribution in [3.63, 3.8) is 0 Å². The molecule has 0 aliphatic carbocycles. The Morgan fingerprint density at radius 2 is 1.67 bits per heavy atom. The van der Waals surface area contributed by atoms with Gasteiger partial charge in [0.1, 0.15) is 0 Å². The maximum Gasteiger partial charge on any atom is 0.289 e. The molecular weight excluding hydrogens is 425 g/mol. The van der Waals surface area contributed by atoms with Crippen LogP contribution >= 0.6 is 23.2 Å². The third-order valence-electron chi connectivity index (χ3n) is 4.96. The first-order valence-electron chi connectivity index (χ1n) is 9.45. The average molecular weight is 444 g/mol. The number of halogens is 2. The van der Waals surface area contributed by atoms with Gasteiger partial charge in [-0.15, -0.1) is 0 Å². The molecule has 0 bridgehead atoms. The lowest BCUT2D eigenvalue weighted by Crippen LogP contribution is -2.48. The number of hydrogen-bond acceptors (Lipinski definition) is 4. The first kappa shape index (κ1) is 20.3. The van der Waals surface area contributed by atoms with Crippen molar-refractivity contribution in [2.45, 2.75) is 0 Å². The van der Waals surface area contributed by atoms with Crippen molar-refractivity contribution in [1.82, 2.24) is 4.90 Å². The van der Waals surface area contributed by atoms with Crippen LogP contribution < -0.4 is 10.2 Å². The normalized spacial score (nSPS) is 13.9. The number of carbonyl (C=O) groups excluding carboxylic acids is 2. The molecule has 1 aliphatic rings. The zero-order valence-electron chi connectivity index (χ0n) is 16.0. The largest absolute Gasteiger partial charge is 0.459 e. The zero-order valence-corrected chi connectivity index (χ0v) is 17.5. The zero-order chi connectivity index (χ0) is 21.1. The highest BCUT2D eigenvalue weighted by molar-refractivity contribution is 6.36. The fourth-order valence-electron chi connectivity index (χ4n) is 3.35. The van der Waals surface area contributed by atoms with Gasteiger partial charge in [-0.1, -0.05) is 23.2 Å². The standard InChI is InChI=1S/C22H19Cl2N3O3/c23-15-3-8-19(24)18(14-15)21(28)25-16-4-6-17(7-5-16)26-9-11-27(12-10-26)22(29)20-2-1-13-30-20/h1-8,13-14H,9-12H2,(H,25,28). The Bertz CT molecular complexity index is 1040. The van der Waals surface area contributed by atoms with Crippen LogP contribution in [0.15, 0.2) is 65.3 Å². The second-order valence-corrected chi connectivity index (χ2v) is 7.73. The van der Waals surface area contributed by atoms with Gasteiger partial charge in [-0.05, 0) is 54.6 Å². The molecule has 1 saturated heterocycles. The van der Waals surface area contributed by atoms with Crippen molar-refractivity contribution >= 4 is 46.4 Å². The number of nitrogens with one attached hydrogen (secondary N) is 1. The highest BCUT2D eigenvalue weighted by Crippen LogP contribution is 2.24. The fourth-order valence-corrected chi connectivity index (χ4v) is 3.72. The molecule has 6 nitrogen and oxygen atoms in total. The second-order valence-electron chi connectivity index (χ2n) is 6.88. The van der Waals surface area contributed by atoms with Crippen molar-refractivity contribution in [3.8, 4) is 0 Å². The summed E-state index contributed by atoms with van der Waals surface area (Å²) in [4.78, 5) is 28.8. The van der Waals surface area contributed by atoms with Crippen LogP contribution in [0.3, 0.4) is 0 Å². The molecule has 154 valence electrons. The minimum absolute atomic E-state index is 0.0858. The van der Waals surface area contributed by atoms with Gasteiger partial charge in [-0.3, -0.25) is 9.59 Å². The highest BCUT2D eigenvalue weighted by atomic mass is 35.5. The van der Waals surface area contributed by atoms with E-state index in [-0.39, 0.29) is 11.8 Å². The number of hydrogen-bond donors (Lipinski definition) is 1. The number of nitrogens with zero attached hydrogens (tertiary/aromatic N) is 2. The topological polar surface area (TPSA) is 65.8 Å². The van der Waals surface area contributed by atoms with E-state index in [9.17, 15) is 9.59 Å². The van der Waals surface area contributed by atoms with E-state index in [0.717, 1.165) is 18.8 Å². The van der Waals surface area contributed by atoms with E-state index in [4.69, 9.17) is 27.6 Å². The Hall–Kier alpha value is -2.96. The van der Waals surface area contributed by atoms with Crippen LogP contribution in [0.1, 0.15) is 20.9 Å². The Morgan fingerprint density at radius 3 is 2.33 bits per heavy atom. The molecule has 1 aromatic heterocycles. The van der Waals surface area contributed by atoms with Crippen LogP contribution in [-0.2, 0) is 0 Å². The van der Waals surface area contributed by atoms with Gasteiger partial charge < -0.3 is 19.5 Å². The van der Waals surface area contributed by atoms with E-state index in [0.29, 0.717) is 40.1 Å². The molecule has 3 aromatic rings. The van der Waals surface area contributed by atoms with E-state index in [2.05, 4.69) is 10.2 Å². The Morgan fingerprint density at radius 1 is 0.933 bits per heavy atom. The van der Waals surface area contributed by atoms with Crippen LogP contribution in [0.4, 0.5) is 11.4 Å². The molecule has 2 amide bonds. The second kappa shape index (κ2) is 8.81. The molecule has 4 rings (SSSR count). The number of amides is 2. The monoisotopic (exact) mass is 443 g/mol. The van der Waals surface area contributed by atoms with Gasteiger partial charge in [0.05, 0.1) is 16.8 Å². The van der Waals surface area contributed by atoms with Crippen LogP contribution in [0.25, 0.3) is 0 Å². The number of carbonyl (C=O) groups is 2. The molecular formula is C22H19Cl2N3O3. The summed E-state index contributed by atoms with van der Waals surface area (Å²) in [5.74, 6) is -0.0407. The molecule has 1 N–H and O–H groups in total. The Labute approximate surface area is 184 Å². The minimum atomic E-state index is -0.319. The third kappa shape index (κ3) is 4.45. The van der Waals surface area contributed by atoms with Crippen LogP contribution in [0, 0.1) is 0 Å². The highest BCUT2D eigenvalue weighted by Gasteiger charge is 2.23. The Kier molecular flexibility index (Phi) is 5.97. The maximum absolute atomic E-state index is 12.5. The quantitative estimate of drug-likeness (QED) is 0.628. The number of piperazine rings is 1. The lowest BCUT2D eigenvalue weighted by Gasteiger charge is -2.35. The van der Waals surface area contributed by atoms with Crippen molar-refractivity contribution in [2.24, 2.45) is 0 Å². The van der Waals surface area contributed by atoms with Gasteiger partial charge in [0.15, 0.2) is 5.76 Å². The molecule has 1 aliphatic heterocycles. The molecule has 30 heavy (non-hydrogen) atoms. The molecule has 0 saturated carbocycles. The number of anilines is 2. The molecule has 0 unspecified atom stereocenters. The van der Waals surface area contributed by atoms with E-state index < -0.39 is 0 Å². The Balaban J connectivity index is 1.35. The summed E-state index contributed by atoms with van der Waals surface area (Å²) in [5.41, 5.74) is 2.01. The summed E-state index contributed by atoms with van der Waals surface area (Å²) in [6.45, 7) is 2.67. The molecule has 2 heterocycles. The van der Waals surface area contributed by atoms with Gasteiger partial charge >= 0.3 is 0 Å². The summed E-state index contributed by atoms with van der Waals surface area (Å²) >= 11 is 12.0. The molecule has 2 aromatic carbocycles. The fraction of sp³-hybridized carbons (Fsp3) is 0.182. The summed E-state index contributed by atoms with van der Waals surface area (Å²) in [7, 11) is 0. The molecule has 0 spiro atoms. The van der Waals surface area contributed by atoms with Gasteiger partial charge in [0, 0.05) is 42.6 Å². The predicted molar refractivity (Wildman–Crippen MR) is 118 cm³/mol. The van der Waals surface area contributed by atoms with E-state index in [1.165, 1.54) is 12.3 Å². The lowest BCUT2D eigenvalue weighted by molar-refractivity contribution is 0.0714. The van der Waals surface area contributed by atoms with Gasteiger partial charge in [-0.25, -0.2) is 0 Å². The van der Waals surface area contributed by atoms with Crippen molar-refractivity contribution in [3.05, 3.63) is 82.2 Å². The van der Waals surface area contributed by atoms with E-state index in [1.54, 1.807) is 29.2 Å². The molecule has 8 heteroatoms. The van der Waals surface area contributed by atoms with Gasteiger partial charge in [0.2, 0.25) is 0 Å². The average Bonchev–Trinajstić information content (AvgIpc) is 3.30.